The summed E-state index contributed by atoms with van der Waals surface area (Å²) in [4.78, 5) is 2.12. The van der Waals surface area contributed by atoms with E-state index in [1.807, 2.05) is 25.2 Å². The predicted octanol–water partition coefficient (Wildman–Crippen LogP) is 1.07. The summed E-state index contributed by atoms with van der Waals surface area (Å²) < 4.78 is 5.10. The second kappa shape index (κ2) is 6.81. The number of halogens is 1. The molecule has 0 aliphatic heterocycles. The van der Waals surface area contributed by atoms with Crippen LogP contribution in [-0.2, 0) is 6.54 Å². The molecule has 0 fully saturated rings. The fraction of sp³-hybridized carbons (Fsp3) is 0.500. The number of likely N-dealkylation sites (N-methyl/N-ethyl adjacent to an activating group) is 1. The largest absolute Gasteiger partial charge is 0.495 e. The number of nitrogens with zero attached hydrogens (tertiary/aromatic N) is 1. The Kier molecular flexibility index (Phi) is 5.71. The van der Waals surface area contributed by atoms with Crippen molar-refractivity contribution in [1.29, 1.82) is 0 Å². The number of hydrogen-bond donors (Lipinski definition) is 2. The number of nitrogens with two attached hydrogens (primary N) is 2. The zero-order valence-corrected chi connectivity index (χ0v) is 11.1. The molecule has 0 heterocycles. The van der Waals surface area contributed by atoms with Gasteiger partial charge in [0.25, 0.3) is 0 Å². The predicted molar refractivity (Wildman–Crippen MR) is 71.4 cm³/mol. The lowest BCUT2D eigenvalue weighted by atomic mass is 10.2. The number of rotatable bonds is 6. The molecule has 0 amide bonds. The van der Waals surface area contributed by atoms with Gasteiger partial charge >= 0.3 is 0 Å². The van der Waals surface area contributed by atoms with E-state index in [9.17, 15) is 0 Å². The van der Waals surface area contributed by atoms with Gasteiger partial charge in [-0.2, -0.15) is 0 Å². The van der Waals surface area contributed by atoms with E-state index in [0.29, 0.717) is 17.3 Å². The summed E-state index contributed by atoms with van der Waals surface area (Å²) in [6.45, 7) is 2.05. The second-order valence-corrected chi connectivity index (χ2v) is 4.57. The first-order chi connectivity index (χ1) is 8.06. The van der Waals surface area contributed by atoms with Crippen LogP contribution in [0.5, 0.6) is 5.75 Å². The summed E-state index contributed by atoms with van der Waals surface area (Å²) in [6, 6.07) is 5.78. The van der Waals surface area contributed by atoms with Gasteiger partial charge in [0, 0.05) is 25.7 Å². The third kappa shape index (κ3) is 4.52. The van der Waals surface area contributed by atoms with Crippen molar-refractivity contribution in [1.82, 2.24) is 4.90 Å². The molecular formula is C12H20ClN3O. The summed E-state index contributed by atoms with van der Waals surface area (Å²) >= 11 is 6.06. The molecule has 1 aromatic rings. The summed E-state index contributed by atoms with van der Waals surface area (Å²) in [5.74, 6) is 0.691. The monoisotopic (exact) mass is 257 g/mol. The molecule has 1 unspecified atom stereocenters. The summed E-state index contributed by atoms with van der Waals surface area (Å²) in [6.07, 6.45) is 0. The third-order valence-corrected chi connectivity index (χ3v) is 2.81. The molecule has 4 nitrogen and oxygen atoms in total. The molecule has 0 bridgehead atoms. The van der Waals surface area contributed by atoms with Crippen LogP contribution in [0.2, 0.25) is 5.02 Å². The minimum absolute atomic E-state index is 0.00807. The van der Waals surface area contributed by atoms with Crippen LogP contribution in [-0.4, -0.2) is 38.2 Å². The van der Waals surface area contributed by atoms with E-state index >= 15 is 0 Å². The van der Waals surface area contributed by atoms with E-state index < -0.39 is 0 Å². The number of methoxy groups -OCH3 is 1. The van der Waals surface area contributed by atoms with Gasteiger partial charge in [0.1, 0.15) is 5.75 Å². The van der Waals surface area contributed by atoms with Crippen molar-refractivity contribution < 1.29 is 4.74 Å². The minimum atomic E-state index is 0.00807. The van der Waals surface area contributed by atoms with Gasteiger partial charge in [-0.25, -0.2) is 0 Å². The molecule has 1 atom stereocenters. The van der Waals surface area contributed by atoms with Crippen LogP contribution in [0.3, 0.4) is 0 Å². The van der Waals surface area contributed by atoms with E-state index in [0.717, 1.165) is 18.7 Å². The van der Waals surface area contributed by atoms with E-state index in [1.165, 1.54) is 0 Å². The van der Waals surface area contributed by atoms with E-state index in [-0.39, 0.29) is 6.04 Å². The zero-order valence-electron chi connectivity index (χ0n) is 10.3. The first kappa shape index (κ1) is 14.3. The van der Waals surface area contributed by atoms with Crippen molar-refractivity contribution in [3.63, 3.8) is 0 Å². The molecule has 0 aliphatic rings. The lowest BCUT2D eigenvalue weighted by Gasteiger charge is -2.20. The lowest BCUT2D eigenvalue weighted by Crippen LogP contribution is -2.40. The first-order valence-corrected chi connectivity index (χ1v) is 5.91. The van der Waals surface area contributed by atoms with Crippen LogP contribution in [0.4, 0.5) is 0 Å². The molecule has 0 aromatic heterocycles. The van der Waals surface area contributed by atoms with Gasteiger partial charge in [0.05, 0.1) is 12.1 Å². The number of ether oxygens (including phenoxy) is 1. The highest BCUT2D eigenvalue weighted by Gasteiger charge is 2.07. The van der Waals surface area contributed by atoms with E-state index in [1.54, 1.807) is 7.11 Å². The van der Waals surface area contributed by atoms with Crippen LogP contribution in [0.25, 0.3) is 0 Å². The van der Waals surface area contributed by atoms with Crippen molar-refractivity contribution in [2.45, 2.75) is 12.6 Å². The van der Waals surface area contributed by atoms with Crippen LogP contribution >= 0.6 is 11.6 Å². The molecule has 0 saturated heterocycles. The van der Waals surface area contributed by atoms with Crippen molar-refractivity contribution in [2.24, 2.45) is 11.5 Å². The summed E-state index contributed by atoms with van der Waals surface area (Å²) in [5, 5.41) is 0.626. The van der Waals surface area contributed by atoms with Crippen molar-refractivity contribution in [3.8, 4) is 5.75 Å². The molecule has 4 N–H and O–H groups in total. The maximum atomic E-state index is 6.06. The quantitative estimate of drug-likeness (QED) is 0.800. The maximum Gasteiger partial charge on any atom is 0.137 e. The van der Waals surface area contributed by atoms with Gasteiger partial charge in [-0.05, 0) is 24.7 Å². The molecule has 1 rings (SSSR count). The smallest absolute Gasteiger partial charge is 0.137 e. The van der Waals surface area contributed by atoms with Crippen LogP contribution in [0.1, 0.15) is 5.56 Å². The Labute approximate surface area is 107 Å². The standard InChI is InChI=1S/C12H20ClN3O/c1-16(8-10(15)6-14)7-9-3-4-12(17-2)11(13)5-9/h3-5,10H,6-8,14-15H2,1-2H3. The minimum Gasteiger partial charge on any atom is -0.495 e. The van der Waals surface area contributed by atoms with Gasteiger partial charge in [0.15, 0.2) is 0 Å². The number of hydrogen-bond acceptors (Lipinski definition) is 4. The molecule has 17 heavy (non-hydrogen) atoms. The lowest BCUT2D eigenvalue weighted by molar-refractivity contribution is 0.305. The molecule has 0 aliphatic carbocycles. The Morgan fingerprint density at radius 2 is 2.18 bits per heavy atom. The highest BCUT2D eigenvalue weighted by molar-refractivity contribution is 6.32. The molecule has 96 valence electrons. The Balaban J connectivity index is 2.59. The fourth-order valence-corrected chi connectivity index (χ4v) is 1.94. The van der Waals surface area contributed by atoms with Crippen molar-refractivity contribution in [2.75, 3.05) is 27.2 Å². The highest BCUT2D eigenvalue weighted by atomic mass is 35.5. The Morgan fingerprint density at radius 3 is 2.71 bits per heavy atom. The van der Waals surface area contributed by atoms with Crippen LogP contribution in [0, 0.1) is 0 Å². The van der Waals surface area contributed by atoms with Crippen LogP contribution < -0.4 is 16.2 Å². The molecule has 1 aromatic carbocycles. The Morgan fingerprint density at radius 1 is 1.47 bits per heavy atom. The average molecular weight is 258 g/mol. The molecule has 0 radical (unpaired) electrons. The Bertz CT molecular complexity index is 360. The topological polar surface area (TPSA) is 64.5 Å². The molecule has 5 heteroatoms. The Hall–Kier alpha value is -0.810. The average Bonchev–Trinajstić information content (AvgIpc) is 2.29. The highest BCUT2D eigenvalue weighted by Crippen LogP contribution is 2.25. The molecular weight excluding hydrogens is 238 g/mol. The normalized spacial score (nSPS) is 12.8. The summed E-state index contributed by atoms with van der Waals surface area (Å²) in [7, 11) is 3.61. The fourth-order valence-electron chi connectivity index (χ4n) is 1.66. The van der Waals surface area contributed by atoms with Crippen molar-refractivity contribution in [3.05, 3.63) is 28.8 Å². The first-order valence-electron chi connectivity index (χ1n) is 5.53. The molecule has 0 spiro atoms. The third-order valence-electron chi connectivity index (χ3n) is 2.52. The zero-order chi connectivity index (χ0) is 12.8. The van der Waals surface area contributed by atoms with Crippen molar-refractivity contribution >= 4 is 11.6 Å². The van der Waals surface area contributed by atoms with Gasteiger partial charge in [-0.1, -0.05) is 17.7 Å². The van der Waals surface area contributed by atoms with Crippen LogP contribution in [0.15, 0.2) is 18.2 Å². The van der Waals surface area contributed by atoms with Gasteiger partial charge < -0.3 is 21.1 Å². The van der Waals surface area contributed by atoms with E-state index in [2.05, 4.69) is 4.90 Å². The second-order valence-electron chi connectivity index (χ2n) is 4.16. The van der Waals surface area contributed by atoms with Gasteiger partial charge in [-0.15, -0.1) is 0 Å². The molecule has 0 saturated carbocycles. The van der Waals surface area contributed by atoms with E-state index in [4.69, 9.17) is 27.8 Å². The maximum absolute atomic E-state index is 6.06. The SMILES string of the molecule is COc1ccc(CN(C)CC(N)CN)cc1Cl. The van der Waals surface area contributed by atoms with Gasteiger partial charge in [-0.3, -0.25) is 0 Å². The van der Waals surface area contributed by atoms with Gasteiger partial charge in [0.2, 0.25) is 0 Å². The number of benzene rings is 1. The summed E-state index contributed by atoms with van der Waals surface area (Å²) in [5.41, 5.74) is 12.4.